The van der Waals surface area contributed by atoms with Gasteiger partial charge in [0.1, 0.15) is 0 Å². The van der Waals surface area contributed by atoms with Crippen molar-refractivity contribution in [2.75, 3.05) is 26.3 Å². The highest BCUT2D eigenvalue weighted by atomic mass is 16.5. The fourth-order valence-corrected chi connectivity index (χ4v) is 2.35. The van der Waals surface area contributed by atoms with Crippen molar-refractivity contribution in [2.45, 2.75) is 37.8 Å². The van der Waals surface area contributed by atoms with Gasteiger partial charge in [-0.15, -0.1) is 0 Å². The van der Waals surface area contributed by atoms with Gasteiger partial charge in [-0.05, 0) is 12.8 Å². The van der Waals surface area contributed by atoms with Crippen LogP contribution in [0.3, 0.4) is 0 Å². The summed E-state index contributed by atoms with van der Waals surface area (Å²) in [6, 6.07) is 0.0728. The molecule has 2 rings (SSSR count). The van der Waals surface area contributed by atoms with Crippen molar-refractivity contribution in [3.63, 3.8) is 0 Å². The number of hydrogen-bond acceptors (Lipinski definition) is 3. The maximum absolute atomic E-state index is 11.7. The predicted molar refractivity (Wildman–Crippen MR) is 59.2 cm³/mol. The number of ether oxygens (including phenoxy) is 1. The lowest BCUT2D eigenvalue weighted by molar-refractivity contribution is -0.0817. The largest absolute Gasteiger partial charge is 0.386 e. The van der Waals surface area contributed by atoms with Crippen LogP contribution < -0.4 is 5.32 Å². The zero-order valence-corrected chi connectivity index (χ0v) is 9.74. The quantitative estimate of drug-likeness (QED) is 0.732. The maximum Gasteiger partial charge on any atom is 0.317 e. The summed E-state index contributed by atoms with van der Waals surface area (Å²) in [6.45, 7) is 4.29. The molecule has 0 radical (unpaired) electrons. The average molecular weight is 228 g/mol. The molecule has 2 N–H and O–H groups in total. The highest BCUT2D eigenvalue weighted by Crippen LogP contribution is 2.25. The van der Waals surface area contributed by atoms with E-state index >= 15 is 0 Å². The molecule has 92 valence electrons. The van der Waals surface area contributed by atoms with Crippen molar-refractivity contribution in [2.24, 2.45) is 0 Å². The molecule has 2 saturated heterocycles. The van der Waals surface area contributed by atoms with Crippen LogP contribution in [0.4, 0.5) is 4.79 Å². The van der Waals surface area contributed by atoms with Crippen LogP contribution in [0.1, 0.15) is 26.2 Å². The third-order valence-corrected chi connectivity index (χ3v) is 3.23. The molecule has 0 spiro atoms. The van der Waals surface area contributed by atoms with Gasteiger partial charge in [0.25, 0.3) is 0 Å². The minimum absolute atomic E-state index is 0.0729. The minimum atomic E-state index is -0.641. The van der Waals surface area contributed by atoms with Gasteiger partial charge >= 0.3 is 6.03 Å². The third kappa shape index (κ3) is 2.47. The number of carbonyl (C=O) groups is 1. The molecular weight excluding hydrogens is 208 g/mol. The number of aliphatic hydroxyl groups is 1. The summed E-state index contributed by atoms with van der Waals surface area (Å²) in [5.74, 6) is 0. The highest BCUT2D eigenvalue weighted by Gasteiger charge is 2.43. The Balaban J connectivity index is 1.72. The minimum Gasteiger partial charge on any atom is -0.386 e. The van der Waals surface area contributed by atoms with Crippen molar-refractivity contribution < 1.29 is 14.6 Å². The summed E-state index contributed by atoms with van der Waals surface area (Å²) < 4.78 is 5.19. The van der Waals surface area contributed by atoms with Crippen LogP contribution in [0.5, 0.6) is 0 Å². The molecule has 5 heteroatoms. The Labute approximate surface area is 95.8 Å². The van der Waals surface area contributed by atoms with Crippen LogP contribution in [0.15, 0.2) is 0 Å². The first-order valence-corrected chi connectivity index (χ1v) is 5.98. The summed E-state index contributed by atoms with van der Waals surface area (Å²) in [4.78, 5) is 13.4. The zero-order chi connectivity index (χ0) is 11.6. The van der Waals surface area contributed by atoms with Crippen LogP contribution in [-0.4, -0.2) is 54.0 Å². The first-order valence-electron chi connectivity index (χ1n) is 5.98. The molecule has 0 aromatic rings. The fourth-order valence-electron chi connectivity index (χ4n) is 2.35. The Bertz CT molecular complexity index is 258. The van der Waals surface area contributed by atoms with E-state index < -0.39 is 5.60 Å². The van der Waals surface area contributed by atoms with E-state index in [1.54, 1.807) is 4.90 Å². The molecule has 0 aromatic carbocycles. The molecule has 2 heterocycles. The van der Waals surface area contributed by atoms with Crippen LogP contribution >= 0.6 is 0 Å². The Morgan fingerprint density at radius 1 is 1.62 bits per heavy atom. The SMILES string of the molecule is CCCC1(O)CN(C(=O)NC2CCOC2)C1. The second kappa shape index (κ2) is 4.59. The second-order valence-corrected chi connectivity index (χ2v) is 4.84. The molecule has 1 atom stereocenters. The van der Waals surface area contributed by atoms with Gasteiger partial charge in [-0.3, -0.25) is 0 Å². The molecule has 2 fully saturated rings. The van der Waals surface area contributed by atoms with Gasteiger partial charge < -0.3 is 20.1 Å². The van der Waals surface area contributed by atoms with E-state index in [1.165, 1.54) is 0 Å². The number of β-amino-alcohol motifs (C(OH)–C–C–N with tert-alkyl or cyclic N) is 1. The number of likely N-dealkylation sites (tertiary alicyclic amines) is 1. The number of hydrogen-bond donors (Lipinski definition) is 2. The van der Waals surface area contributed by atoms with Crippen LogP contribution in [0.2, 0.25) is 0 Å². The standard InChI is InChI=1S/C11H20N2O3/c1-2-4-11(15)7-13(8-11)10(14)12-9-3-5-16-6-9/h9,15H,2-8H2,1H3,(H,12,14). The Kier molecular flexibility index (Phi) is 3.35. The molecule has 0 aromatic heterocycles. The number of rotatable bonds is 3. The summed E-state index contributed by atoms with van der Waals surface area (Å²) in [5.41, 5.74) is -0.641. The van der Waals surface area contributed by atoms with E-state index in [-0.39, 0.29) is 12.1 Å². The molecule has 2 aliphatic rings. The van der Waals surface area contributed by atoms with Crippen LogP contribution in [0, 0.1) is 0 Å². The number of amides is 2. The van der Waals surface area contributed by atoms with E-state index in [0.717, 1.165) is 25.9 Å². The first-order chi connectivity index (χ1) is 7.63. The van der Waals surface area contributed by atoms with Gasteiger partial charge in [0, 0.05) is 6.61 Å². The van der Waals surface area contributed by atoms with Gasteiger partial charge in [-0.1, -0.05) is 13.3 Å². The van der Waals surface area contributed by atoms with E-state index in [4.69, 9.17) is 4.74 Å². The molecule has 0 aliphatic carbocycles. The van der Waals surface area contributed by atoms with Crippen molar-refractivity contribution in [3.05, 3.63) is 0 Å². The monoisotopic (exact) mass is 228 g/mol. The second-order valence-electron chi connectivity index (χ2n) is 4.84. The lowest BCUT2D eigenvalue weighted by atomic mass is 9.90. The smallest absolute Gasteiger partial charge is 0.317 e. The molecular formula is C11H20N2O3. The summed E-state index contributed by atoms with van der Waals surface area (Å²) >= 11 is 0. The Morgan fingerprint density at radius 2 is 2.38 bits per heavy atom. The van der Waals surface area contributed by atoms with Gasteiger partial charge in [-0.2, -0.15) is 0 Å². The van der Waals surface area contributed by atoms with Gasteiger partial charge in [0.05, 0.1) is 31.3 Å². The molecule has 0 saturated carbocycles. The third-order valence-electron chi connectivity index (χ3n) is 3.23. The van der Waals surface area contributed by atoms with Crippen LogP contribution in [0.25, 0.3) is 0 Å². The Morgan fingerprint density at radius 3 is 2.94 bits per heavy atom. The van der Waals surface area contributed by atoms with Crippen molar-refractivity contribution >= 4 is 6.03 Å². The predicted octanol–water partition coefficient (Wildman–Crippen LogP) is 0.332. The van der Waals surface area contributed by atoms with Crippen LogP contribution in [-0.2, 0) is 4.74 Å². The summed E-state index contributed by atoms with van der Waals surface area (Å²) in [6.07, 6.45) is 2.60. The zero-order valence-electron chi connectivity index (χ0n) is 9.74. The summed E-state index contributed by atoms with van der Waals surface area (Å²) in [5, 5.41) is 12.9. The van der Waals surface area contributed by atoms with E-state index in [9.17, 15) is 9.90 Å². The molecule has 16 heavy (non-hydrogen) atoms. The number of nitrogens with zero attached hydrogens (tertiary/aromatic N) is 1. The van der Waals surface area contributed by atoms with E-state index in [2.05, 4.69) is 5.32 Å². The molecule has 0 bridgehead atoms. The Hall–Kier alpha value is -0.810. The van der Waals surface area contributed by atoms with E-state index in [0.29, 0.717) is 19.7 Å². The number of urea groups is 1. The van der Waals surface area contributed by atoms with Crippen molar-refractivity contribution in [1.82, 2.24) is 10.2 Å². The number of nitrogens with one attached hydrogen (secondary N) is 1. The lowest BCUT2D eigenvalue weighted by Gasteiger charge is -2.46. The first kappa shape index (κ1) is 11.7. The topological polar surface area (TPSA) is 61.8 Å². The number of carbonyl (C=O) groups excluding carboxylic acids is 1. The summed E-state index contributed by atoms with van der Waals surface area (Å²) in [7, 11) is 0. The fraction of sp³-hybridized carbons (Fsp3) is 0.909. The van der Waals surface area contributed by atoms with Gasteiger partial charge in [0.2, 0.25) is 0 Å². The normalized spacial score (nSPS) is 27.6. The maximum atomic E-state index is 11.7. The molecule has 5 nitrogen and oxygen atoms in total. The van der Waals surface area contributed by atoms with Gasteiger partial charge in [-0.25, -0.2) is 4.79 Å². The molecule has 2 aliphatic heterocycles. The van der Waals surface area contributed by atoms with E-state index in [1.807, 2.05) is 6.92 Å². The van der Waals surface area contributed by atoms with Crippen molar-refractivity contribution in [1.29, 1.82) is 0 Å². The molecule has 1 unspecified atom stereocenters. The molecule has 2 amide bonds. The van der Waals surface area contributed by atoms with Crippen molar-refractivity contribution in [3.8, 4) is 0 Å². The van der Waals surface area contributed by atoms with Gasteiger partial charge in [0.15, 0.2) is 0 Å². The highest BCUT2D eigenvalue weighted by molar-refractivity contribution is 5.75. The average Bonchev–Trinajstić information content (AvgIpc) is 2.66. The lowest BCUT2D eigenvalue weighted by Crippen LogP contribution is -2.65.